The molecule has 0 saturated carbocycles. The highest BCUT2D eigenvalue weighted by atomic mass is 16.4. The summed E-state index contributed by atoms with van der Waals surface area (Å²) in [6.45, 7) is 5.09. The predicted octanol–water partition coefficient (Wildman–Crippen LogP) is 8.87. The average Bonchev–Trinajstić information content (AvgIpc) is 3.33. The molecule has 0 aromatic heterocycles. The van der Waals surface area contributed by atoms with Gasteiger partial charge in [0.05, 0.1) is 0 Å². The Balaban J connectivity index is 4.11. The fourth-order valence-electron chi connectivity index (χ4n) is 8.63. The number of amides is 5. The molecule has 0 rings (SSSR count). The van der Waals surface area contributed by atoms with Crippen LogP contribution in [0.5, 0.6) is 0 Å². The zero-order valence-corrected chi connectivity index (χ0v) is 44.0. The van der Waals surface area contributed by atoms with Gasteiger partial charge < -0.3 is 48.9 Å². The fourth-order valence-corrected chi connectivity index (χ4v) is 8.63. The van der Waals surface area contributed by atoms with Crippen LogP contribution < -0.4 is 43.8 Å². The summed E-state index contributed by atoms with van der Waals surface area (Å²) in [4.78, 5) is 75.0. The van der Waals surface area contributed by atoms with E-state index in [4.69, 9.17) is 17.2 Å². The maximum absolute atomic E-state index is 13.0. The highest BCUT2D eigenvalue weighted by molar-refractivity contribution is 5.88. The quantitative estimate of drug-likeness (QED) is 0.0262. The summed E-state index contributed by atoms with van der Waals surface area (Å²) in [7, 11) is 0. The largest absolute Gasteiger partial charge is 0.480 e. The minimum absolute atomic E-state index is 0.0303. The van der Waals surface area contributed by atoms with Gasteiger partial charge in [-0.25, -0.2) is 4.79 Å². The molecule has 0 saturated heterocycles. The van der Waals surface area contributed by atoms with E-state index in [0.29, 0.717) is 77.7 Å². The number of carbonyl (C=O) groups is 6. The minimum Gasteiger partial charge on any atom is -0.480 e. The van der Waals surface area contributed by atoms with Gasteiger partial charge in [0, 0.05) is 32.4 Å². The second-order valence-corrected chi connectivity index (χ2v) is 19.6. The molecule has 5 amide bonds. The molecular formula is C54H106N8O7. The second kappa shape index (κ2) is 49.7. The number of nitrogens with one attached hydrogen (secondary N) is 5. The average molecular weight is 979 g/mol. The summed E-state index contributed by atoms with van der Waals surface area (Å²) < 4.78 is 0. The van der Waals surface area contributed by atoms with Crippen LogP contribution in [0.2, 0.25) is 0 Å². The minimum atomic E-state index is -0.997. The molecule has 0 fully saturated rings. The Bertz CT molecular complexity index is 1280. The van der Waals surface area contributed by atoms with E-state index in [1.807, 2.05) is 0 Å². The van der Waals surface area contributed by atoms with Crippen molar-refractivity contribution in [2.45, 2.75) is 275 Å². The van der Waals surface area contributed by atoms with Crippen molar-refractivity contribution in [1.82, 2.24) is 26.6 Å². The van der Waals surface area contributed by atoms with Crippen molar-refractivity contribution in [2.24, 2.45) is 17.2 Å². The van der Waals surface area contributed by atoms with Crippen molar-refractivity contribution < 1.29 is 33.9 Å². The van der Waals surface area contributed by atoms with Gasteiger partial charge in [0.2, 0.25) is 29.5 Å². The predicted molar refractivity (Wildman–Crippen MR) is 282 cm³/mol. The molecule has 0 aliphatic carbocycles. The normalized spacial score (nSPS) is 12.5. The van der Waals surface area contributed by atoms with Crippen molar-refractivity contribution >= 4 is 35.5 Å². The zero-order valence-electron chi connectivity index (χ0n) is 44.0. The Hall–Kier alpha value is -3.30. The lowest BCUT2D eigenvalue weighted by molar-refractivity contribution is -0.142. The fraction of sp³-hybridized carbons (Fsp3) is 0.889. The van der Waals surface area contributed by atoms with Gasteiger partial charge in [0.25, 0.3) is 0 Å². The number of hydrogen-bond acceptors (Lipinski definition) is 9. The van der Waals surface area contributed by atoms with E-state index in [2.05, 4.69) is 33.5 Å². The SMILES string of the molecule is CCCCCCCCCCCC(=O)N[C@@H](CCCCN)C(=O)NCCCCCCCCCCCC(=O)N[C@@H](CCCCN)C(=O)NCCCCCCCCCCCC(=O)N[C@@H](CCCCN)C(=O)O. The van der Waals surface area contributed by atoms with Crippen LogP contribution in [0.3, 0.4) is 0 Å². The van der Waals surface area contributed by atoms with Gasteiger partial charge in [0.15, 0.2) is 0 Å². The number of nitrogens with two attached hydrogens (primary N) is 3. The van der Waals surface area contributed by atoms with Crippen LogP contribution in [0.25, 0.3) is 0 Å². The molecule has 0 aliphatic rings. The third-order valence-corrected chi connectivity index (χ3v) is 13.0. The maximum Gasteiger partial charge on any atom is 0.326 e. The smallest absolute Gasteiger partial charge is 0.326 e. The molecule has 69 heavy (non-hydrogen) atoms. The molecule has 0 aliphatic heterocycles. The van der Waals surface area contributed by atoms with Gasteiger partial charge in [-0.05, 0) is 110 Å². The number of carboxylic acid groups (broad SMARTS) is 1. The summed E-state index contributed by atoms with van der Waals surface area (Å²) >= 11 is 0. The van der Waals surface area contributed by atoms with Crippen LogP contribution in [0.1, 0.15) is 257 Å². The summed E-state index contributed by atoms with van der Waals surface area (Å²) in [6.07, 6.45) is 36.8. The van der Waals surface area contributed by atoms with Crippen molar-refractivity contribution in [1.29, 1.82) is 0 Å². The Morgan fingerprint density at radius 1 is 0.348 bits per heavy atom. The van der Waals surface area contributed by atoms with E-state index in [0.717, 1.165) is 161 Å². The van der Waals surface area contributed by atoms with Crippen LogP contribution in [0.15, 0.2) is 0 Å². The van der Waals surface area contributed by atoms with Crippen molar-refractivity contribution in [2.75, 3.05) is 32.7 Å². The van der Waals surface area contributed by atoms with Gasteiger partial charge in [0.1, 0.15) is 18.1 Å². The van der Waals surface area contributed by atoms with Crippen LogP contribution in [0, 0.1) is 0 Å². The molecule has 15 nitrogen and oxygen atoms in total. The molecule has 0 aromatic rings. The van der Waals surface area contributed by atoms with E-state index in [9.17, 15) is 33.9 Å². The van der Waals surface area contributed by atoms with Crippen LogP contribution >= 0.6 is 0 Å². The molecular weight excluding hydrogens is 873 g/mol. The monoisotopic (exact) mass is 979 g/mol. The highest BCUT2D eigenvalue weighted by Crippen LogP contribution is 2.14. The molecule has 15 heteroatoms. The van der Waals surface area contributed by atoms with E-state index in [-0.39, 0.29) is 29.5 Å². The van der Waals surface area contributed by atoms with Crippen LogP contribution in [0.4, 0.5) is 0 Å². The lowest BCUT2D eigenvalue weighted by Crippen LogP contribution is -2.47. The zero-order chi connectivity index (χ0) is 50.8. The number of rotatable bonds is 52. The first-order chi connectivity index (χ1) is 33.6. The summed E-state index contributed by atoms with van der Waals surface area (Å²) in [5.41, 5.74) is 16.9. The summed E-state index contributed by atoms with van der Waals surface area (Å²) in [5, 5.41) is 24.0. The number of unbranched alkanes of at least 4 members (excludes halogenated alkanes) is 27. The Morgan fingerprint density at radius 2 is 0.609 bits per heavy atom. The van der Waals surface area contributed by atoms with E-state index >= 15 is 0 Å². The molecule has 0 heterocycles. The van der Waals surface area contributed by atoms with Crippen LogP contribution in [-0.4, -0.2) is 91.5 Å². The second-order valence-electron chi connectivity index (χ2n) is 19.6. The van der Waals surface area contributed by atoms with Crippen molar-refractivity contribution in [3.8, 4) is 0 Å². The van der Waals surface area contributed by atoms with E-state index < -0.39 is 24.1 Å². The van der Waals surface area contributed by atoms with Gasteiger partial charge >= 0.3 is 5.97 Å². The number of carboxylic acids is 1. The summed E-state index contributed by atoms with van der Waals surface area (Å²) in [6, 6.07) is -1.87. The standard InChI is InChI=1S/C54H106N8O7/c1-2-3-4-5-6-9-14-19-24-38-49(63)60-46(35-27-30-41-55)52(66)58-44-33-22-17-12-7-10-15-20-25-39-50(64)61-47(36-28-31-42-56)53(67)59-45-34-23-18-13-8-11-16-21-26-40-51(65)62-48(54(68)69)37-29-32-43-57/h46-48H,2-45,55-57H2,1H3,(H,58,66)(H,59,67)(H,60,63)(H,61,64)(H,62,65)(H,68,69)/t46-,47-,48-/m0/s1. The molecule has 0 radical (unpaired) electrons. The van der Waals surface area contributed by atoms with Crippen molar-refractivity contribution in [3.63, 3.8) is 0 Å². The van der Waals surface area contributed by atoms with Crippen LogP contribution in [-0.2, 0) is 28.8 Å². The van der Waals surface area contributed by atoms with Gasteiger partial charge in [-0.3, -0.25) is 24.0 Å². The molecule has 404 valence electrons. The first kappa shape index (κ1) is 65.7. The third kappa shape index (κ3) is 43.2. The first-order valence-corrected chi connectivity index (χ1v) is 28.4. The molecule has 0 spiro atoms. The molecule has 0 aromatic carbocycles. The van der Waals surface area contributed by atoms with E-state index in [1.165, 1.54) is 44.9 Å². The Labute approximate surface area is 420 Å². The topological polar surface area (TPSA) is 261 Å². The molecule has 0 unspecified atom stereocenters. The number of carbonyl (C=O) groups excluding carboxylic acids is 5. The first-order valence-electron chi connectivity index (χ1n) is 28.4. The molecule has 3 atom stereocenters. The lowest BCUT2D eigenvalue weighted by atomic mass is 10.0. The van der Waals surface area contributed by atoms with E-state index in [1.54, 1.807) is 0 Å². The van der Waals surface area contributed by atoms with Crippen molar-refractivity contribution in [3.05, 3.63) is 0 Å². The maximum atomic E-state index is 13.0. The number of aliphatic carboxylic acids is 1. The summed E-state index contributed by atoms with van der Waals surface area (Å²) in [5.74, 6) is -1.51. The third-order valence-electron chi connectivity index (χ3n) is 13.0. The Kier molecular flexibility index (Phi) is 47.3. The molecule has 0 bridgehead atoms. The Morgan fingerprint density at radius 3 is 0.899 bits per heavy atom. The van der Waals surface area contributed by atoms with Gasteiger partial charge in [-0.2, -0.15) is 0 Å². The highest BCUT2D eigenvalue weighted by Gasteiger charge is 2.22. The molecule has 12 N–H and O–H groups in total. The lowest BCUT2D eigenvalue weighted by Gasteiger charge is -2.18. The van der Waals surface area contributed by atoms with Gasteiger partial charge in [-0.1, -0.05) is 148 Å². The number of hydrogen-bond donors (Lipinski definition) is 9. The van der Waals surface area contributed by atoms with Gasteiger partial charge in [-0.15, -0.1) is 0 Å².